The summed E-state index contributed by atoms with van der Waals surface area (Å²) >= 11 is 0. The second-order valence-corrected chi connectivity index (χ2v) is 2.41. The Morgan fingerprint density at radius 2 is 2.40 bits per heavy atom. The first-order valence-corrected chi connectivity index (χ1v) is 3.47. The van der Waals surface area contributed by atoms with Crippen LogP contribution in [-0.4, -0.2) is 26.7 Å². The zero-order chi connectivity index (χ0) is 7.82. The zero-order valence-electron chi connectivity index (χ0n) is 6.59. The molecule has 10 heavy (non-hydrogen) atoms. The predicted octanol–water partition coefficient (Wildman–Crippen LogP) is 0.405. The number of hydrogen-bond acceptors (Lipinski definition) is 2. The van der Waals surface area contributed by atoms with Crippen LogP contribution in [-0.2, 0) is 9.53 Å². The third-order valence-corrected chi connectivity index (χ3v) is 1.36. The molecule has 3 nitrogen and oxygen atoms in total. The molecule has 60 valence electrons. The van der Waals surface area contributed by atoms with Crippen LogP contribution in [0, 0.1) is 5.92 Å². The third-order valence-electron chi connectivity index (χ3n) is 1.36. The van der Waals surface area contributed by atoms with Gasteiger partial charge < -0.3 is 10.1 Å². The van der Waals surface area contributed by atoms with Gasteiger partial charge in [0.2, 0.25) is 6.41 Å². The van der Waals surface area contributed by atoms with Gasteiger partial charge in [-0.2, -0.15) is 0 Å². The van der Waals surface area contributed by atoms with E-state index in [1.807, 2.05) is 0 Å². The normalized spacial score (nSPS) is 12.6. The average Bonchev–Trinajstić information content (AvgIpc) is 1.97. The Hall–Kier alpha value is -0.570. The van der Waals surface area contributed by atoms with Gasteiger partial charge in [-0.15, -0.1) is 0 Å². The van der Waals surface area contributed by atoms with Gasteiger partial charge in [0.1, 0.15) is 0 Å². The summed E-state index contributed by atoms with van der Waals surface area (Å²) in [5.41, 5.74) is 0. The topological polar surface area (TPSA) is 38.3 Å². The molecule has 0 heterocycles. The highest BCUT2D eigenvalue weighted by molar-refractivity contribution is 5.45. The zero-order valence-corrected chi connectivity index (χ0v) is 6.59. The first kappa shape index (κ1) is 9.43. The molecular weight excluding hydrogens is 130 g/mol. The molecule has 0 aliphatic rings. The lowest BCUT2D eigenvalue weighted by molar-refractivity contribution is -0.109. The minimum absolute atomic E-state index is 0.505. The van der Waals surface area contributed by atoms with Crippen molar-refractivity contribution in [1.29, 1.82) is 0 Å². The van der Waals surface area contributed by atoms with Crippen molar-refractivity contribution in [2.75, 3.05) is 20.3 Å². The molecule has 0 saturated carbocycles. The Labute approximate surface area is 61.8 Å². The Morgan fingerprint density at radius 3 is 2.90 bits per heavy atom. The van der Waals surface area contributed by atoms with Gasteiger partial charge >= 0.3 is 0 Å². The molecule has 0 radical (unpaired) electrons. The number of methoxy groups -OCH3 is 1. The fourth-order valence-electron chi connectivity index (χ4n) is 0.670. The van der Waals surface area contributed by atoms with Gasteiger partial charge in [0.15, 0.2) is 0 Å². The summed E-state index contributed by atoms with van der Waals surface area (Å²) in [5, 5.41) is 2.62. The van der Waals surface area contributed by atoms with E-state index in [0.29, 0.717) is 5.92 Å². The molecule has 1 unspecified atom stereocenters. The first-order chi connectivity index (χ1) is 4.81. The fraction of sp³-hybridized carbons (Fsp3) is 0.857. The van der Waals surface area contributed by atoms with E-state index in [1.54, 1.807) is 7.11 Å². The molecule has 0 aromatic rings. The van der Waals surface area contributed by atoms with Crippen molar-refractivity contribution in [3.05, 3.63) is 0 Å². The molecule has 0 bridgehead atoms. The molecule has 1 atom stereocenters. The number of ether oxygens (including phenoxy) is 1. The smallest absolute Gasteiger partial charge is 0.207 e. The van der Waals surface area contributed by atoms with Crippen LogP contribution < -0.4 is 5.32 Å². The molecule has 0 aromatic carbocycles. The lowest BCUT2D eigenvalue weighted by atomic mass is 10.1. The van der Waals surface area contributed by atoms with Crippen LogP contribution in [0.1, 0.15) is 13.3 Å². The van der Waals surface area contributed by atoms with E-state index in [-0.39, 0.29) is 0 Å². The van der Waals surface area contributed by atoms with Crippen molar-refractivity contribution in [2.24, 2.45) is 5.92 Å². The van der Waals surface area contributed by atoms with Gasteiger partial charge in [-0.25, -0.2) is 0 Å². The van der Waals surface area contributed by atoms with Crippen molar-refractivity contribution >= 4 is 6.41 Å². The number of nitrogens with one attached hydrogen (secondary N) is 1. The van der Waals surface area contributed by atoms with Gasteiger partial charge in [0.25, 0.3) is 0 Å². The molecule has 0 aliphatic heterocycles. The average molecular weight is 145 g/mol. The Kier molecular flexibility index (Phi) is 6.18. The molecule has 0 spiro atoms. The van der Waals surface area contributed by atoms with Gasteiger partial charge in [-0.1, -0.05) is 6.92 Å². The molecule has 0 aromatic heterocycles. The van der Waals surface area contributed by atoms with E-state index in [4.69, 9.17) is 4.74 Å². The van der Waals surface area contributed by atoms with Crippen molar-refractivity contribution < 1.29 is 9.53 Å². The summed E-state index contributed by atoms with van der Waals surface area (Å²) in [6.45, 7) is 3.59. The molecular formula is C7H15NO2. The van der Waals surface area contributed by atoms with Crippen LogP contribution in [0.15, 0.2) is 0 Å². The third kappa shape index (κ3) is 5.56. The lowest BCUT2D eigenvalue weighted by Crippen LogP contribution is -2.20. The van der Waals surface area contributed by atoms with Crippen LogP contribution in [0.4, 0.5) is 0 Å². The summed E-state index contributed by atoms with van der Waals surface area (Å²) in [6, 6.07) is 0. The first-order valence-electron chi connectivity index (χ1n) is 3.47. The number of carbonyl (C=O) groups excluding carboxylic acids is 1. The summed E-state index contributed by atoms with van der Waals surface area (Å²) < 4.78 is 4.88. The number of hydrogen-bond donors (Lipinski definition) is 1. The Morgan fingerprint density at radius 1 is 1.70 bits per heavy atom. The fourth-order valence-corrected chi connectivity index (χ4v) is 0.670. The number of amides is 1. The van der Waals surface area contributed by atoms with E-state index in [1.165, 1.54) is 0 Å². The second kappa shape index (κ2) is 6.55. The summed E-state index contributed by atoms with van der Waals surface area (Å²) in [6.07, 6.45) is 1.72. The van der Waals surface area contributed by atoms with E-state index >= 15 is 0 Å². The Bertz CT molecular complexity index is 85.7. The molecule has 0 saturated heterocycles. The largest absolute Gasteiger partial charge is 0.385 e. The number of rotatable bonds is 6. The van der Waals surface area contributed by atoms with E-state index in [0.717, 1.165) is 26.0 Å². The number of carbonyl (C=O) groups is 1. The quantitative estimate of drug-likeness (QED) is 0.549. The highest BCUT2D eigenvalue weighted by atomic mass is 16.5. The van der Waals surface area contributed by atoms with Crippen LogP contribution in [0.2, 0.25) is 0 Å². The van der Waals surface area contributed by atoms with Crippen LogP contribution >= 0.6 is 0 Å². The standard InChI is InChI=1S/C7H15NO2/c1-7(3-4-10-2)5-8-6-9/h6-7H,3-5H2,1-2H3,(H,8,9). The van der Waals surface area contributed by atoms with E-state index < -0.39 is 0 Å². The van der Waals surface area contributed by atoms with Gasteiger partial charge in [-0.3, -0.25) is 4.79 Å². The SMILES string of the molecule is COCCC(C)CNC=O. The minimum atomic E-state index is 0.505. The Balaban J connectivity index is 3.07. The van der Waals surface area contributed by atoms with Crippen LogP contribution in [0.25, 0.3) is 0 Å². The van der Waals surface area contributed by atoms with Crippen molar-refractivity contribution in [3.63, 3.8) is 0 Å². The monoisotopic (exact) mass is 145 g/mol. The van der Waals surface area contributed by atoms with Gasteiger partial charge in [-0.05, 0) is 12.3 Å². The van der Waals surface area contributed by atoms with Crippen molar-refractivity contribution in [3.8, 4) is 0 Å². The predicted molar refractivity (Wildman–Crippen MR) is 39.7 cm³/mol. The van der Waals surface area contributed by atoms with Crippen LogP contribution in [0.3, 0.4) is 0 Å². The summed E-state index contributed by atoms with van der Waals surface area (Å²) in [5.74, 6) is 0.505. The maximum Gasteiger partial charge on any atom is 0.207 e. The minimum Gasteiger partial charge on any atom is -0.385 e. The van der Waals surface area contributed by atoms with Crippen molar-refractivity contribution in [2.45, 2.75) is 13.3 Å². The summed E-state index contributed by atoms with van der Waals surface area (Å²) in [7, 11) is 1.68. The molecule has 3 heteroatoms. The van der Waals surface area contributed by atoms with E-state index in [9.17, 15) is 4.79 Å². The highest BCUT2D eigenvalue weighted by Gasteiger charge is 1.98. The maximum atomic E-state index is 9.84. The maximum absolute atomic E-state index is 9.84. The molecule has 1 amide bonds. The molecule has 1 N–H and O–H groups in total. The molecule has 0 aliphatic carbocycles. The molecule has 0 fully saturated rings. The summed E-state index contributed by atoms with van der Waals surface area (Å²) in [4.78, 5) is 9.84. The van der Waals surface area contributed by atoms with Crippen LogP contribution in [0.5, 0.6) is 0 Å². The van der Waals surface area contributed by atoms with Gasteiger partial charge in [0, 0.05) is 20.3 Å². The highest BCUT2D eigenvalue weighted by Crippen LogP contribution is 1.98. The van der Waals surface area contributed by atoms with Crippen molar-refractivity contribution in [1.82, 2.24) is 5.32 Å². The second-order valence-electron chi connectivity index (χ2n) is 2.41. The van der Waals surface area contributed by atoms with Gasteiger partial charge in [0.05, 0.1) is 0 Å². The lowest BCUT2D eigenvalue weighted by Gasteiger charge is -2.08. The van der Waals surface area contributed by atoms with E-state index in [2.05, 4.69) is 12.2 Å². The molecule has 0 rings (SSSR count).